The van der Waals surface area contributed by atoms with Crippen LogP contribution in [0.4, 0.5) is 5.69 Å². The molecular formula is C15H16ClN3O3. The lowest BCUT2D eigenvalue weighted by atomic mass is 10.1. The van der Waals surface area contributed by atoms with Gasteiger partial charge >= 0.3 is 5.97 Å². The van der Waals surface area contributed by atoms with Gasteiger partial charge in [0.25, 0.3) is 5.91 Å². The van der Waals surface area contributed by atoms with Crippen molar-refractivity contribution < 1.29 is 14.3 Å². The number of hydrogen-bond donors (Lipinski definition) is 1. The van der Waals surface area contributed by atoms with Crippen LogP contribution in [-0.2, 0) is 9.53 Å². The van der Waals surface area contributed by atoms with E-state index in [9.17, 15) is 9.59 Å². The summed E-state index contributed by atoms with van der Waals surface area (Å²) in [5.41, 5.74) is 0.581. The first-order chi connectivity index (χ1) is 10.5. The number of nitrogens with zero attached hydrogens (tertiary/aromatic N) is 2. The molecule has 1 aromatic carbocycles. The number of rotatable bonds is 6. The molecular weight excluding hydrogens is 306 g/mol. The molecule has 7 heteroatoms. The molecule has 0 saturated heterocycles. The van der Waals surface area contributed by atoms with Crippen molar-refractivity contribution in [2.45, 2.75) is 13.8 Å². The van der Waals surface area contributed by atoms with Gasteiger partial charge in [0.2, 0.25) is 0 Å². The van der Waals surface area contributed by atoms with Crippen molar-refractivity contribution in [3.8, 4) is 6.07 Å². The van der Waals surface area contributed by atoms with E-state index >= 15 is 0 Å². The van der Waals surface area contributed by atoms with E-state index in [2.05, 4.69) is 10.3 Å². The smallest absolute Gasteiger partial charge is 0.328 e. The predicted molar refractivity (Wildman–Crippen MR) is 83.3 cm³/mol. The Labute approximate surface area is 133 Å². The van der Waals surface area contributed by atoms with Gasteiger partial charge in [-0.1, -0.05) is 17.7 Å². The number of benzene rings is 1. The molecule has 0 bridgehead atoms. The third-order valence-corrected chi connectivity index (χ3v) is 3.00. The van der Waals surface area contributed by atoms with Crippen molar-refractivity contribution in [3.05, 3.63) is 28.8 Å². The summed E-state index contributed by atoms with van der Waals surface area (Å²) in [6.07, 6.45) is 1.15. The molecule has 22 heavy (non-hydrogen) atoms. The van der Waals surface area contributed by atoms with E-state index in [1.807, 2.05) is 0 Å². The first kappa shape index (κ1) is 17.7. The van der Waals surface area contributed by atoms with Crippen LogP contribution in [0.1, 0.15) is 24.2 Å². The van der Waals surface area contributed by atoms with Crippen molar-refractivity contribution in [1.82, 2.24) is 5.32 Å². The highest BCUT2D eigenvalue weighted by Gasteiger charge is 2.17. The highest BCUT2D eigenvalue weighted by Crippen LogP contribution is 2.28. The van der Waals surface area contributed by atoms with Crippen LogP contribution in [0.25, 0.3) is 0 Å². The fourth-order valence-electron chi connectivity index (χ4n) is 1.58. The molecule has 1 rings (SSSR count). The van der Waals surface area contributed by atoms with Gasteiger partial charge in [0.05, 0.1) is 28.9 Å². The van der Waals surface area contributed by atoms with Crippen LogP contribution in [0.2, 0.25) is 5.02 Å². The summed E-state index contributed by atoms with van der Waals surface area (Å²) in [5.74, 6) is -2.11. The average molecular weight is 322 g/mol. The number of hydrogen-bond acceptors (Lipinski definition) is 5. The Balaban J connectivity index is 3.01. The van der Waals surface area contributed by atoms with Crippen LogP contribution in [0.15, 0.2) is 23.2 Å². The zero-order valence-electron chi connectivity index (χ0n) is 12.3. The van der Waals surface area contributed by atoms with Gasteiger partial charge in [-0.05, 0) is 26.0 Å². The maximum absolute atomic E-state index is 11.8. The van der Waals surface area contributed by atoms with Gasteiger partial charge < -0.3 is 10.1 Å². The summed E-state index contributed by atoms with van der Waals surface area (Å²) in [6.45, 7) is 4.10. The molecule has 1 unspecified atom stereocenters. The number of carbonyl (C=O) groups is 2. The summed E-state index contributed by atoms with van der Waals surface area (Å²) < 4.78 is 4.76. The fraction of sp³-hybridized carbons (Fsp3) is 0.333. The number of carbonyl (C=O) groups excluding carboxylic acids is 2. The largest absolute Gasteiger partial charge is 0.465 e. The standard InChI is InChI=1S/C15H16ClN3O3/c1-3-18-14(20)11-6-5-7-12(13(11)16)19-9-10(8-17)15(21)22-4-2/h5-7,9-10H,3-4H2,1-2H3,(H,18,20). The summed E-state index contributed by atoms with van der Waals surface area (Å²) in [5, 5.41) is 11.7. The molecule has 116 valence electrons. The van der Waals surface area contributed by atoms with Gasteiger partial charge in [0.1, 0.15) is 0 Å². The van der Waals surface area contributed by atoms with E-state index < -0.39 is 11.9 Å². The Bertz CT molecular complexity index is 623. The summed E-state index contributed by atoms with van der Waals surface area (Å²) in [7, 11) is 0. The first-order valence-corrected chi connectivity index (χ1v) is 7.10. The lowest BCUT2D eigenvalue weighted by Crippen LogP contribution is -2.22. The van der Waals surface area contributed by atoms with Crippen LogP contribution in [-0.4, -0.2) is 31.2 Å². The minimum Gasteiger partial charge on any atom is -0.465 e. The number of esters is 1. The fourth-order valence-corrected chi connectivity index (χ4v) is 1.85. The third kappa shape index (κ3) is 4.57. The van der Waals surface area contributed by atoms with Gasteiger partial charge in [0, 0.05) is 12.8 Å². The topological polar surface area (TPSA) is 91.5 Å². The Morgan fingerprint density at radius 3 is 2.82 bits per heavy atom. The van der Waals surface area contributed by atoms with Crippen molar-refractivity contribution in [2.24, 2.45) is 10.9 Å². The molecule has 1 aromatic rings. The van der Waals surface area contributed by atoms with Crippen molar-refractivity contribution in [2.75, 3.05) is 13.2 Å². The molecule has 0 aliphatic carbocycles. The summed E-state index contributed by atoms with van der Waals surface area (Å²) in [6, 6.07) is 6.56. The molecule has 0 radical (unpaired) electrons. The van der Waals surface area contributed by atoms with Crippen LogP contribution >= 0.6 is 11.6 Å². The number of amides is 1. The molecule has 1 amide bonds. The molecule has 0 fully saturated rings. The Morgan fingerprint density at radius 2 is 2.23 bits per heavy atom. The minimum atomic E-state index is -1.12. The maximum Gasteiger partial charge on any atom is 0.328 e. The van der Waals surface area contributed by atoms with Crippen molar-refractivity contribution >= 4 is 35.4 Å². The van der Waals surface area contributed by atoms with Gasteiger partial charge in [0.15, 0.2) is 5.92 Å². The maximum atomic E-state index is 11.8. The van der Waals surface area contributed by atoms with E-state index in [0.717, 1.165) is 6.21 Å². The van der Waals surface area contributed by atoms with E-state index in [4.69, 9.17) is 21.6 Å². The lowest BCUT2D eigenvalue weighted by Gasteiger charge is -2.07. The second kappa shape index (κ2) is 8.80. The Hall–Kier alpha value is -2.39. The SMILES string of the molecule is CCNC(=O)c1cccc(N=CC(C#N)C(=O)OCC)c1Cl. The molecule has 0 saturated carbocycles. The summed E-state index contributed by atoms with van der Waals surface area (Å²) >= 11 is 6.13. The Morgan fingerprint density at radius 1 is 1.50 bits per heavy atom. The molecule has 1 N–H and O–H groups in total. The van der Waals surface area contributed by atoms with E-state index in [0.29, 0.717) is 12.2 Å². The average Bonchev–Trinajstić information content (AvgIpc) is 2.49. The number of aliphatic imine (C=N–C) groups is 1. The van der Waals surface area contributed by atoms with E-state index in [1.54, 1.807) is 38.1 Å². The highest BCUT2D eigenvalue weighted by atomic mass is 35.5. The molecule has 6 nitrogen and oxygen atoms in total. The monoisotopic (exact) mass is 321 g/mol. The van der Waals surface area contributed by atoms with Crippen LogP contribution in [0.3, 0.4) is 0 Å². The second-order valence-electron chi connectivity index (χ2n) is 4.14. The zero-order valence-corrected chi connectivity index (χ0v) is 13.1. The number of ether oxygens (including phenoxy) is 1. The predicted octanol–water partition coefficient (Wildman–Crippen LogP) is 2.49. The molecule has 0 spiro atoms. The molecule has 0 aliphatic rings. The quantitative estimate of drug-likeness (QED) is 0.643. The van der Waals surface area contributed by atoms with E-state index in [1.165, 1.54) is 0 Å². The van der Waals surface area contributed by atoms with Crippen molar-refractivity contribution in [3.63, 3.8) is 0 Å². The highest BCUT2D eigenvalue weighted by molar-refractivity contribution is 6.36. The number of nitrogens with one attached hydrogen (secondary N) is 1. The van der Waals surface area contributed by atoms with Crippen LogP contribution in [0, 0.1) is 17.2 Å². The number of halogens is 1. The molecule has 0 aliphatic heterocycles. The van der Waals surface area contributed by atoms with E-state index in [-0.39, 0.29) is 23.1 Å². The van der Waals surface area contributed by atoms with Gasteiger partial charge in [-0.15, -0.1) is 0 Å². The van der Waals surface area contributed by atoms with Crippen LogP contribution in [0.5, 0.6) is 0 Å². The van der Waals surface area contributed by atoms with Gasteiger partial charge in [-0.25, -0.2) is 0 Å². The molecule has 1 atom stereocenters. The molecule has 0 aromatic heterocycles. The minimum absolute atomic E-state index is 0.158. The zero-order chi connectivity index (χ0) is 16.5. The Kier molecular flexibility index (Phi) is 7.06. The first-order valence-electron chi connectivity index (χ1n) is 6.72. The van der Waals surface area contributed by atoms with Gasteiger partial charge in [-0.3, -0.25) is 14.6 Å². The second-order valence-corrected chi connectivity index (χ2v) is 4.51. The van der Waals surface area contributed by atoms with Crippen LogP contribution < -0.4 is 5.32 Å². The third-order valence-electron chi connectivity index (χ3n) is 2.60. The number of nitriles is 1. The molecule has 0 heterocycles. The summed E-state index contributed by atoms with van der Waals surface area (Å²) in [4.78, 5) is 27.4. The van der Waals surface area contributed by atoms with Crippen molar-refractivity contribution in [1.29, 1.82) is 5.26 Å². The normalized spacial score (nSPS) is 11.7. The lowest BCUT2D eigenvalue weighted by molar-refractivity contribution is -0.143. The van der Waals surface area contributed by atoms with Gasteiger partial charge in [-0.2, -0.15) is 5.26 Å².